The fourth-order valence-corrected chi connectivity index (χ4v) is 4.86. The van der Waals surface area contributed by atoms with Crippen LogP contribution in [0, 0.1) is 0 Å². The predicted molar refractivity (Wildman–Crippen MR) is 156 cm³/mol. The fourth-order valence-electron chi connectivity index (χ4n) is 4.86. The Bertz CT molecular complexity index is 1420. The third-order valence-corrected chi connectivity index (χ3v) is 7.28. The molecule has 2 amide bonds. The molecule has 0 bridgehead atoms. The van der Waals surface area contributed by atoms with Gasteiger partial charge in [-0.1, -0.05) is 48.5 Å². The number of benzene rings is 2. The molecule has 0 N–H and O–H groups in total. The van der Waals surface area contributed by atoms with Gasteiger partial charge in [-0.3, -0.25) is 14.6 Å². The molecule has 43 heavy (non-hydrogen) atoms. The van der Waals surface area contributed by atoms with E-state index in [0.29, 0.717) is 31.7 Å². The van der Waals surface area contributed by atoms with E-state index < -0.39 is 29.8 Å². The number of piperazine rings is 1. The van der Waals surface area contributed by atoms with Gasteiger partial charge in [0.2, 0.25) is 11.8 Å². The van der Waals surface area contributed by atoms with Crippen molar-refractivity contribution in [1.82, 2.24) is 14.8 Å². The molecule has 2 heterocycles. The van der Waals surface area contributed by atoms with Gasteiger partial charge in [0.05, 0.1) is 7.11 Å². The van der Waals surface area contributed by atoms with Gasteiger partial charge in [-0.05, 0) is 41.0 Å². The minimum absolute atomic E-state index is 0.0547. The van der Waals surface area contributed by atoms with Gasteiger partial charge < -0.3 is 19.4 Å². The van der Waals surface area contributed by atoms with Gasteiger partial charge in [0, 0.05) is 64.0 Å². The maximum atomic E-state index is 13.6. The smallest absolute Gasteiger partial charge is 0.433 e. The van der Waals surface area contributed by atoms with Crippen LogP contribution in [0.3, 0.4) is 0 Å². The third-order valence-electron chi connectivity index (χ3n) is 7.28. The first-order chi connectivity index (χ1) is 20.5. The van der Waals surface area contributed by atoms with Crippen LogP contribution >= 0.6 is 0 Å². The lowest BCUT2D eigenvalue weighted by atomic mass is 10.0. The molecule has 0 saturated carbocycles. The maximum absolute atomic E-state index is 13.6. The number of methoxy groups -OCH3 is 1. The SMILES string of the molecule is COC(=O)[C@H](Cc1ccccc1)N(Cc1ccc(N2CCN(C(C)=O)CC2)cc1)C(=O)C=Cc1ccc(C(F)(F)F)nc1. The Hall–Kier alpha value is -4.67. The molecular weight excluding hydrogens is 561 g/mol. The quantitative estimate of drug-likeness (QED) is 0.266. The summed E-state index contributed by atoms with van der Waals surface area (Å²) in [6.45, 7) is 4.33. The summed E-state index contributed by atoms with van der Waals surface area (Å²) >= 11 is 0. The number of nitrogens with zero attached hydrogens (tertiary/aromatic N) is 4. The molecule has 3 aromatic rings. The molecule has 0 spiro atoms. The molecule has 1 aliphatic rings. The van der Waals surface area contributed by atoms with Gasteiger partial charge in [-0.2, -0.15) is 13.2 Å². The van der Waals surface area contributed by atoms with Crippen molar-refractivity contribution in [2.24, 2.45) is 0 Å². The van der Waals surface area contributed by atoms with Crippen LogP contribution in [0.25, 0.3) is 6.08 Å². The molecule has 0 aliphatic carbocycles. The first kappa shape index (κ1) is 31.3. The van der Waals surface area contributed by atoms with E-state index in [1.54, 1.807) is 6.92 Å². The molecule has 2 aromatic carbocycles. The van der Waals surface area contributed by atoms with Crippen LogP contribution in [-0.2, 0) is 38.3 Å². The Morgan fingerprint density at radius 3 is 2.19 bits per heavy atom. The first-order valence-electron chi connectivity index (χ1n) is 13.8. The number of aromatic nitrogens is 1. The number of pyridine rings is 1. The number of hydrogen-bond donors (Lipinski definition) is 0. The third kappa shape index (κ3) is 8.43. The Morgan fingerprint density at radius 1 is 0.953 bits per heavy atom. The van der Waals surface area contributed by atoms with Crippen LogP contribution in [0.15, 0.2) is 79.0 Å². The zero-order valence-corrected chi connectivity index (χ0v) is 24.0. The van der Waals surface area contributed by atoms with E-state index in [0.717, 1.165) is 29.1 Å². The molecule has 1 aliphatic heterocycles. The molecule has 1 aromatic heterocycles. The molecule has 1 fully saturated rings. The number of carbonyl (C=O) groups is 3. The summed E-state index contributed by atoms with van der Waals surface area (Å²) in [4.78, 5) is 47.1. The summed E-state index contributed by atoms with van der Waals surface area (Å²) < 4.78 is 43.8. The van der Waals surface area contributed by atoms with E-state index in [-0.39, 0.29) is 18.9 Å². The number of rotatable bonds is 9. The van der Waals surface area contributed by atoms with Gasteiger partial charge in [-0.15, -0.1) is 0 Å². The lowest BCUT2D eigenvalue weighted by Gasteiger charge is -2.35. The number of hydrogen-bond acceptors (Lipinski definition) is 6. The number of amides is 2. The van der Waals surface area contributed by atoms with Crippen molar-refractivity contribution < 1.29 is 32.3 Å². The second-order valence-electron chi connectivity index (χ2n) is 10.2. The highest BCUT2D eigenvalue weighted by molar-refractivity contribution is 5.94. The van der Waals surface area contributed by atoms with Crippen LogP contribution in [0.4, 0.5) is 18.9 Å². The summed E-state index contributed by atoms with van der Waals surface area (Å²) in [6.07, 6.45) is -0.753. The van der Waals surface area contributed by atoms with Crippen molar-refractivity contribution in [1.29, 1.82) is 0 Å². The number of halogens is 3. The van der Waals surface area contributed by atoms with Crippen molar-refractivity contribution in [2.75, 3.05) is 38.2 Å². The molecule has 0 radical (unpaired) electrons. The molecule has 1 saturated heterocycles. The van der Waals surface area contributed by atoms with Crippen LogP contribution in [0.2, 0.25) is 0 Å². The lowest BCUT2D eigenvalue weighted by molar-refractivity contribution is -0.151. The van der Waals surface area contributed by atoms with Crippen molar-refractivity contribution in [3.8, 4) is 0 Å². The summed E-state index contributed by atoms with van der Waals surface area (Å²) in [5, 5.41) is 0. The molecular formula is C32H33F3N4O4. The lowest BCUT2D eigenvalue weighted by Crippen LogP contribution is -2.48. The Morgan fingerprint density at radius 2 is 1.63 bits per heavy atom. The van der Waals surface area contributed by atoms with E-state index in [9.17, 15) is 27.6 Å². The average Bonchev–Trinajstić information content (AvgIpc) is 3.01. The van der Waals surface area contributed by atoms with Crippen molar-refractivity contribution in [2.45, 2.75) is 32.1 Å². The highest BCUT2D eigenvalue weighted by Crippen LogP contribution is 2.27. The minimum Gasteiger partial charge on any atom is -0.467 e. The molecule has 0 unspecified atom stereocenters. The monoisotopic (exact) mass is 594 g/mol. The van der Waals surface area contributed by atoms with Crippen molar-refractivity contribution >= 4 is 29.5 Å². The Labute approximate surface area is 248 Å². The zero-order valence-electron chi connectivity index (χ0n) is 24.0. The first-order valence-corrected chi connectivity index (χ1v) is 13.8. The predicted octanol–water partition coefficient (Wildman–Crippen LogP) is 4.60. The Kier molecular flexibility index (Phi) is 10.2. The van der Waals surface area contributed by atoms with Gasteiger partial charge >= 0.3 is 12.1 Å². The average molecular weight is 595 g/mol. The van der Waals surface area contributed by atoms with E-state index in [4.69, 9.17) is 4.74 Å². The summed E-state index contributed by atoms with van der Waals surface area (Å²) in [7, 11) is 1.26. The number of alkyl halides is 3. The van der Waals surface area contributed by atoms with Crippen LogP contribution in [0.1, 0.15) is 29.3 Å². The minimum atomic E-state index is -4.57. The summed E-state index contributed by atoms with van der Waals surface area (Å²) in [5.74, 6) is -1.06. The van der Waals surface area contributed by atoms with E-state index in [1.807, 2.05) is 59.5 Å². The van der Waals surface area contributed by atoms with Crippen LogP contribution < -0.4 is 4.90 Å². The van der Waals surface area contributed by atoms with Gasteiger partial charge in [0.1, 0.15) is 11.7 Å². The molecule has 226 valence electrons. The summed E-state index contributed by atoms with van der Waals surface area (Å²) in [6, 6.07) is 18.0. The molecule has 1 atom stereocenters. The second-order valence-corrected chi connectivity index (χ2v) is 10.2. The largest absolute Gasteiger partial charge is 0.467 e. The van der Waals surface area contributed by atoms with E-state index >= 15 is 0 Å². The highest BCUT2D eigenvalue weighted by atomic mass is 19.4. The van der Waals surface area contributed by atoms with Gasteiger partial charge in [0.25, 0.3) is 0 Å². The number of carbonyl (C=O) groups excluding carboxylic acids is 3. The van der Waals surface area contributed by atoms with Crippen LogP contribution in [0.5, 0.6) is 0 Å². The van der Waals surface area contributed by atoms with Crippen molar-refractivity contribution in [3.63, 3.8) is 0 Å². The van der Waals surface area contributed by atoms with Gasteiger partial charge in [-0.25, -0.2) is 4.79 Å². The molecule has 8 nitrogen and oxygen atoms in total. The van der Waals surface area contributed by atoms with E-state index in [2.05, 4.69) is 9.88 Å². The van der Waals surface area contributed by atoms with E-state index in [1.165, 1.54) is 30.2 Å². The van der Waals surface area contributed by atoms with Crippen LogP contribution in [-0.4, -0.2) is 71.9 Å². The number of esters is 1. The fraction of sp³-hybridized carbons (Fsp3) is 0.312. The standard InChI is InChI=1S/C32H33F3N4O4/c1-23(40)37-16-18-38(19-17-37)27-12-8-26(9-13-27)22-39(28(31(42)43-2)20-24-6-4-3-5-7-24)30(41)15-11-25-10-14-29(36-21-25)32(33,34)35/h3-15,21,28H,16-20,22H2,1-2H3/t28-/m0/s1. The summed E-state index contributed by atoms with van der Waals surface area (Å²) in [5.41, 5.74) is 1.84. The number of ether oxygens (including phenoxy) is 1. The maximum Gasteiger partial charge on any atom is 0.433 e. The highest BCUT2D eigenvalue weighted by Gasteiger charge is 2.32. The second kappa shape index (κ2) is 14.0. The van der Waals surface area contributed by atoms with Crippen molar-refractivity contribution in [3.05, 3.63) is 101 Å². The topological polar surface area (TPSA) is 83.0 Å². The molecule has 11 heteroatoms. The zero-order chi connectivity index (χ0) is 31.0. The Balaban J connectivity index is 1.57. The normalized spacial score (nSPS) is 14.4. The van der Waals surface area contributed by atoms with Gasteiger partial charge in [0.15, 0.2) is 0 Å². The number of anilines is 1. The molecule has 4 rings (SSSR count).